The van der Waals surface area contributed by atoms with Crippen LogP contribution in [0.2, 0.25) is 0 Å². The van der Waals surface area contributed by atoms with Crippen LogP contribution in [0.1, 0.15) is 69.1 Å². The quantitative estimate of drug-likeness (QED) is 0.560. The molecule has 2 aromatic rings. The van der Waals surface area contributed by atoms with E-state index in [4.69, 9.17) is 4.98 Å². The van der Waals surface area contributed by atoms with Gasteiger partial charge in [-0.25, -0.2) is 4.98 Å². The van der Waals surface area contributed by atoms with E-state index in [2.05, 4.69) is 68.3 Å². The van der Waals surface area contributed by atoms with Crippen LogP contribution in [0, 0.1) is 5.92 Å². The molecule has 2 atom stereocenters. The predicted molar refractivity (Wildman–Crippen MR) is 118 cm³/mol. The van der Waals surface area contributed by atoms with Crippen molar-refractivity contribution in [1.82, 2.24) is 9.97 Å². The molecule has 4 rings (SSSR count). The first-order valence-corrected chi connectivity index (χ1v) is 11.1. The van der Waals surface area contributed by atoms with Crippen molar-refractivity contribution in [3.63, 3.8) is 0 Å². The first-order valence-electron chi connectivity index (χ1n) is 10.3. The molecule has 2 heterocycles. The van der Waals surface area contributed by atoms with E-state index in [1.165, 1.54) is 17.3 Å². The number of ketones is 1. The third kappa shape index (κ3) is 3.78. The Morgan fingerprint density at radius 2 is 1.79 bits per heavy atom. The summed E-state index contributed by atoms with van der Waals surface area (Å²) in [7, 11) is 0. The third-order valence-corrected chi connectivity index (χ3v) is 6.48. The molecule has 0 radical (unpaired) electrons. The van der Waals surface area contributed by atoms with Crippen molar-refractivity contribution in [1.29, 1.82) is 0 Å². The second-order valence-electron chi connectivity index (χ2n) is 8.37. The second-order valence-corrected chi connectivity index (χ2v) is 9.93. The van der Waals surface area contributed by atoms with Crippen LogP contribution < -0.4 is 10.9 Å². The van der Waals surface area contributed by atoms with Crippen LogP contribution in [-0.2, 0) is 4.79 Å². The lowest BCUT2D eigenvalue weighted by molar-refractivity contribution is -0.122. The van der Waals surface area contributed by atoms with E-state index in [0.717, 1.165) is 17.7 Å². The molecule has 0 bridgehead atoms. The fourth-order valence-corrected chi connectivity index (χ4v) is 4.94. The van der Waals surface area contributed by atoms with Crippen molar-refractivity contribution in [2.45, 2.75) is 62.8 Å². The van der Waals surface area contributed by atoms with E-state index in [1.54, 1.807) is 0 Å². The van der Waals surface area contributed by atoms with Gasteiger partial charge in [-0.15, -0.1) is 0 Å². The monoisotopic (exact) mass is 409 g/mol. The molecule has 2 N–H and O–H groups in total. The molecule has 2 aliphatic rings. The molecule has 1 aromatic carbocycles. The molecule has 0 unspecified atom stereocenters. The van der Waals surface area contributed by atoms with Crippen molar-refractivity contribution in [3.8, 4) is 0 Å². The van der Waals surface area contributed by atoms with Gasteiger partial charge in [0.15, 0.2) is 5.16 Å². The summed E-state index contributed by atoms with van der Waals surface area (Å²) in [5.74, 6) is 0.510. The maximum atomic E-state index is 13.1. The van der Waals surface area contributed by atoms with Crippen LogP contribution in [0.15, 0.2) is 46.0 Å². The number of Topliss-reactive ketones (excluding diaryl/α,β-unsaturated/α-hetero) is 1. The van der Waals surface area contributed by atoms with Crippen molar-refractivity contribution in [3.05, 3.63) is 63.1 Å². The van der Waals surface area contributed by atoms with E-state index in [1.807, 2.05) is 0 Å². The molecule has 0 saturated heterocycles. The number of nitrogens with zero attached hydrogens (tertiary/aromatic N) is 1. The maximum absolute atomic E-state index is 13.1. The number of hydrogen-bond donors (Lipinski definition) is 2. The van der Waals surface area contributed by atoms with Gasteiger partial charge in [-0.3, -0.25) is 9.59 Å². The van der Waals surface area contributed by atoms with Crippen molar-refractivity contribution >= 4 is 23.4 Å². The van der Waals surface area contributed by atoms with Crippen LogP contribution in [0.4, 0.5) is 5.82 Å². The number of aromatic nitrogens is 2. The number of carbonyl (C=O) groups is 1. The van der Waals surface area contributed by atoms with Crippen LogP contribution in [0.25, 0.3) is 0 Å². The summed E-state index contributed by atoms with van der Waals surface area (Å²) >= 11 is 1.52. The average Bonchev–Trinajstić information content (AvgIpc) is 2.66. The summed E-state index contributed by atoms with van der Waals surface area (Å²) in [4.78, 5) is 33.7. The highest BCUT2D eigenvalue weighted by Crippen LogP contribution is 2.45. The minimum absolute atomic E-state index is 0.166. The number of fused-ring (bicyclic) bond motifs is 2. The molecule has 5 nitrogen and oxygen atoms in total. The van der Waals surface area contributed by atoms with E-state index in [-0.39, 0.29) is 23.2 Å². The van der Waals surface area contributed by atoms with Gasteiger partial charge in [0, 0.05) is 23.3 Å². The first-order chi connectivity index (χ1) is 13.8. The number of rotatable bonds is 4. The average molecular weight is 410 g/mol. The minimum Gasteiger partial charge on any atom is -0.343 e. The van der Waals surface area contributed by atoms with Gasteiger partial charge in [-0.2, -0.15) is 0 Å². The summed E-state index contributed by atoms with van der Waals surface area (Å²) in [6, 6.07) is 8.32. The molecule has 0 spiro atoms. The van der Waals surface area contributed by atoms with Gasteiger partial charge in [0.25, 0.3) is 5.56 Å². The molecule has 0 fully saturated rings. The number of anilines is 1. The lowest BCUT2D eigenvalue weighted by Crippen LogP contribution is -2.38. The van der Waals surface area contributed by atoms with Gasteiger partial charge in [-0.05, 0) is 23.5 Å². The molecule has 6 heteroatoms. The topological polar surface area (TPSA) is 74.8 Å². The molecule has 1 aromatic heterocycles. The van der Waals surface area contributed by atoms with Gasteiger partial charge < -0.3 is 10.3 Å². The largest absolute Gasteiger partial charge is 0.343 e. The number of thioether (sulfide) groups is 1. The smallest absolute Gasteiger partial charge is 0.257 e. The Morgan fingerprint density at radius 1 is 1.07 bits per heavy atom. The molecule has 0 amide bonds. The number of hydrogen-bond acceptors (Lipinski definition) is 5. The van der Waals surface area contributed by atoms with Crippen LogP contribution in [0.3, 0.4) is 0 Å². The zero-order valence-corrected chi connectivity index (χ0v) is 18.1. The molecular weight excluding hydrogens is 382 g/mol. The second kappa shape index (κ2) is 7.82. The van der Waals surface area contributed by atoms with E-state index in [9.17, 15) is 9.59 Å². The van der Waals surface area contributed by atoms with Gasteiger partial charge in [-0.1, -0.05) is 69.8 Å². The predicted octanol–water partition coefficient (Wildman–Crippen LogP) is 4.81. The summed E-state index contributed by atoms with van der Waals surface area (Å²) < 4.78 is 0. The van der Waals surface area contributed by atoms with Gasteiger partial charge in [0.05, 0.1) is 11.5 Å². The van der Waals surface area contributed by atoms with Crippen LogP contribution >= 0.6 is 11.8 Å². The maximum Gasteiger partial charge on any atom is 0.257 e. The summed E-state index contributed by atoms with van der Waals surface area (Å²) in [6.07, 6.45) is 3.32. The highest BCUT2D eigenvalue weighted by molar-refractivity contribution is 7.99. The summed E-state index contributed by atoms with van der Waals surface area (Å²) in [5, 5.41) is 4.22. The SMILES string of the molecule is CC(C)Sc1nc2c(c(=O)[nH]1)[C@@H](c1ccc(C(C)C)cc1)[C@@H]1C(=O)CCC=C1N2. The zero-order valence-electron chi connectivity index (χ0n) is 17.3. The summed E-state index contributed by atoms with van der Waals surface area (Å²) in [6.45, 7) is 8.44. The molecule has 1 aliphatic carbocycles. The molecule has 1 aliphatic heterocycles. The third-order valence-electron chi connectivity index (χ3n) is 5.59. The molecule has 152 valence electrons. The Hall–Kier alpha value is -2.34. The molecular formula is C23H27N3O2S. The Balaban J connectivity index is 1.88. The van der Waals surface area contributed by atoms with E-state index < -0.39 is 0 Å². The summed E-state index contributed by atoms with van der Waals surface area (Å²) in [5.41, 5.74) is 3.50. The van der Waals surface area contributed by atoms with Gasteiger partial charge in [0.1, 0.15) is 11.6 Å². The zero-order chi connectivity index (χ0) is 20.7. The fourth-order valence-electron chi connectivity index (χ4n) is 4.20. The number of carbonyl (C=O) groups excluding carboxylic acids is 1. The van der Waals surface area contributed by atoms with E-state index in [0.29, 0.717) is 34.1 Å². The lowest BCUT2D eigenvalue weighted by atomic mass is 9.72. The Labute approximate surface area is 175 Å². The van der Waals surface area contributed by atoms with Crippen molar-refractivity contribution in [2.75, 3.05) is 5.32 Å². The number of H-pyrrole nitrogens is 1. The Bertz CT molecular complexity index is 1020. The minimum atomic E-state index is -0.354. The molecule has 29 heavy (non-hydrogen) atoms. The molecule has 0 saturated carbocycles. The first kappa shape index (κ1) is 20.0. The highest BCUT2D eigenvalue weighted by Gasteiger charge is 2.42. The van der Waals surface area contributed by atoms with Crippen LogP contribution in [-0.4, -0.2) is 21.0 Å². The fraction of sp³-hybridized carbons (Fsp3) is 0.435. The van der Waals surface area contributed by atoms with Gasteiger partial charge in [0.2, 0.25) is 0 Å². The van der Waals surface area contributed by atoms with Crippen LogP contribution in [0.5, 0.6) is 0 Å². The lowest BCUT2D eigenvalue weighted by Gasteiger charge is -2.36. The Morgan fingerprint density at radius 3 is 2.45 bits per heavy atom. The van der Waals surface area contributed by atoms with E-state index >= 15 is 0 Å². The van der Waals surface area contributed by atoms with Crippen molar-refractivity contribution < 1.29 is 4.79 Å². The van der Waals surface area contributed by atoms with Crippen molar-refractivity contribution in [2.24, 2.45) is 5.92 Å². The Kier molecular flexibility index (Phi) is 5.38. The number of aromatic amines is 1. The standard InChI is InChI=1S/C23H27N3O2S/c1-12(2)14-8-10-15(11-9-14)18-19-16(6-5-7-17(19)27)24-21-20(18)22(28)26-23(25-21)29-13(3)4/h6,8-13,18-19H,5,7H2,1-4H3,(H2,24,25,26,28)/t18-,19-/m0/s1. The number of nitrogens with one attached hydrogen (secondary N) is 2. The normalized spacial score (nSPS) is 20.9. The number of benzene rings is 1. The number of allylic oxidation sites excluding steroid dienone is 2. The van der Waals surface area contributed by atoms with Gasteiger partial charge >= 0.3 is 0 Å². The highest BCUT2D eigenvalue weighted by atomic mass is 32.2.